The van der Waals surface area contributed by atoms with Gasteiger partial charge in [-0.25, -0.2) is 0 Å². The molecule has 0 unspecified atom stereocenters. The first kappa shape index (κ1) is 9.96. The Morgan fingerprint density at radius 2 is 1.50 bits per heavy atom. The molecule has 0 rings (SSSR count). The van der Waals surface area contributed by atoms with Crippen LogP contribution in [0.3, 0.4) is 0 Å². The van der Waals surface area contributed by atoms with Crippen molar-refractivity contribution >= 4 is 65.0 Å². The van der Waals surface area contributed by atoms with Crippen LogP contribution in [-0.4, -0.2) is 37.7 Å². The molecule has 0 aliphatic carbocycles. The number of rotatable bonds is 0. The van der Waals surface area contributed by atoms with Gasteiger partial charge in [-0.15, -0.1) is 0 Å². The zero-order chi connectivity index (χ0) is 2.71. The minimum atomic E-state index is -0.250. The number of halogens is 2. The summed E-state index contributed by atoms with van der Waals surface area (Å²) in [5.41, 5.74) is 0. The third-order valence-corrected chi connectivity index (χ3v) is 0. The third kappa shape index (κ3) is 8.85. The van der Waals surface area contributed by atoms with Crippen LogP contribution in [0.25, 0.3) is 0 Å². The van der Waals surface area contributed by atoms with E-state index in [0.717, 1.165) is 0 Å². The van der Waals surface area contributed by atoms with Crippen molar-refractivity contribution in [2.45, 2.75) is 0 Å². The van der Waals surface area contributed by atoms with Crippen LogP contribution in [0.4, 0.5) is 0 Å². The van der Waals surface area contributed by atoms with E-state index in [-0.39, 0.29) is 53.8 Å². The van der Waals surface area contributed by atoms with Crippen molar-refractivity contribution in [3.05, 3.63) is 0 Å². The van der Waals surface area contributed by atoms with Crippen LogP contribution in [0.5, 0.6) is 0 Å². The molecule has 0 aromatic carbocycles. The molecule has 0 aromatic rings. The van der Waals surface area contributed by atoms with Crippen LogP contribution >= 0.6 is 27.2 Å². The Labute approximate surface area is 79.4 Å². The summed E-state index contributed by atoms with van der Waals surface area (Å²) in [4.78, 5) is 0. The van der Waals surface area contributed by atoms with Gasteiger partial charge in [0.1, 0.15) is 0 Å². The Kier molecular flexibility index (Phi) is 23.1. The van der Waals surface area contributed by atoms with Gasteiger partial charge in [-0.1, -0.05) is 0 Å². The van der Waals surface area contributed by atoms with Crippen molar-refractivity contribution < 1.29 is 16.1 Å². The summed E-state index contributed by atoms with van der Waals surface area (Å²) >= 11 is 6.25. The van der Waals surface area contributed by atoms with Gasteiger partial charge in [0, 0.05) is 0 Å². The molecule has 0 radical (unpaired) electrons. The van der Waals surface area contributed by atoms with Crippen LogP contribution in [-0.2, 0) is 13.2 Å². The molecule has 4 heteroatoms. The van der Waals surface area contributed by atoms with Gasteiger partial charge in [-0.05, 0) is 0 Å². The topological polar surface area (TPSA) is 0 Å². The second-order valence-corrected chi connectivity index (χ2v) is 14.2. The molecule has 0 spiro atoms. The van der Waals surface area contributed by atoms with Crippen LogP contribution in [0.1, 0.15) is 2.85 Å². The van der Waals surface area contributed by atoms with Crippen molar-refractivity contribution in [1.29, 1.82) is 0 Å². The molecule has 0 saturated carbocycles. The zero-order valence-electron chi connectivity index (χ0n) is 4.17. The van der Waals surface area contributed by atoms with E-state index in [4.69, 9.17) is 0 Å². The Hall–Kier alpha value is 2.84. The van der Waals surface area contributed by atoms with Crippen molar-refractivity contribution in [2.24, 2.45) is 0 Å². The Morgan fingerprint density at radius 1 is 1.50 bits per heavy atom. The first-order valence-corrected chi connectivity index (χ1v) is 14.4. The van der Waals surface area contributed by atoms with Crippen molar-refractivity contribution in [3.63, 3.8) is 0 Å². The van der Waals surface area contributed by atoms with E-state index in [9.17, 15) is 0 Å². The van der Waals surface area contributed by atoms with Crippen LogP contribution in [0, 0.1) is 0 Å². The number of hydrogen-bond donors (Lipinski definition) is 0. The van der Waals surface area contributed by atoms with Crippen molar-refractivity contribution in [1.82, 2.24) is 0 Å². The van der Waals surface area contributed by atoms with Crippen LogP contribution < -0.4 is 0 Å². The normalized spacial score (nSPS) is 2.50. The molecule has 20 valence electrons. The largest absolute Gasteiger partial charge is 2.00 e. The fourth-order valence-corrected chi connectivity index (χ4v) is 0. The summed E-state index contributed by atoms with van der Waals surface area (Å²) in [6.45, 7) is 0. The molecule has 0 aromatic heterocycles. The van der Waals surface area contributed by atoms with E-state index >= 15 is 0 Å². The van der Waals surface area contributed by atoms with Gasteiger partial charge in [0.25, 0.3) is 0 Å². The SMILES string of the molecule is [Br][Zn][Br].[Ca+2].[H-].[H-]. The summed E-state index contributed by atoms with van der Waals surface area (Å²) in [6, 6.07) is 0. The molecular weight excluding hydrogens is 265 g/mol. The maximum atomic E-state index is 3.25. The molecular formula is H2Br2CaZn. The average molecular weight is 267 g/mol. The predicted molar refractivity (Wildman–Crippen MR) is 25.8 cm³/mol. The van der Waals surface area contributed by atoms with Crippen LogP contribution in [0.15, 0.2) is 0 Å². The van der Waals surface area contributed by atoms with E-state index in [0.29, 0.717) is 0 Å². The fraction of sp³-hybridized carbons (Fsp3) is 0. The van der Waals surface area contributed by atoms with Gasteiger partial charge in [0.2, 0.25) is 0 Å². The van der Waals surface area contributed by atoms with E-state index in [1.165, 1.54) is 0 Å². The molecule has 4 heavy (non-hydrogen) atoms. The molecule has 0 amide bonds. The van der Waals surface area contributed by atoms with Gasteiger partial charge in [-0.3, -0.25) is 0 Å². The first-order valence-electron chi connectivity index (χ1n) is 0.535. The molecule has 0 fully saturated rings. The number of hydrogen-bond acceptors (Lipinski definition) is 0. The smallest absolute Gasteiger partial charge is 1.00 e. The zero-order valence-corrected chi connectivity index (χ0v) is 10.5. The van der Waals surface area contributed by atoms with E-state index in [1.807, 2.05) is 0 Å². The van der Waals surface area contributed by atoms with Gasteiger partial charge >= 0.3 is 78.2 Å². The van der Waals surface area contributed by atoms with Gasteiger partial charge < -0.3 is 2.85 Å². The van der Waals surface area contributed by atoms with E-state index in [2.05, 4.69) is 27.2 Å². The van der Waals surface area contributed by atoms with Crippen molar-refractivity contribution in [3.8, 4) is 0 Å². The predicted octanol–water partition coefficient (Wildman–Crippen LogP) is 1.53. The van der Waals surface area contributed by atoms with Gasteiger partial charge in [-0.2, -0.15) is 0 Å². The standard InChI is InChI=1S/2BrH.Ca.Zn.2H/h2*1H;;;;/q;;2*+2;2*-1/p-2. The van der Waals surface area contributed by atoms with Crippen molar-refractivity contribution in [2.75, 3.05) is 0 Å². The van der Waals surface area contributed by atoms with E-state index < -0.39 is 0 Å². The summed E-state index contributed by atoms with van der Waals surface area (Å²) in [5, 5.41) is 0. The quantitative estimate of drug-likeness (QED) is 0.584. The third-order valence-electron chi connectivity index (χ3n) is 0. The molecule has 0 heterocycles. The molecule has 0 N–H and O–H groups in total. The van der Waals surface area contributed by atoms with Gasteiger partial charge in [0.15, 0.2) is 0 Å². The van der Waals surface area contributed by atoms with Crippen LogP contribution in [0.2, 0.25) is 0 Å². The van der Waals surface area contributed by atoms with E-state index in [1.54, 1.807) is 0 Å². The van der Waals surface area contributed by atoms with Gasteiger partial charge in [0.05, 0.1) is 0 Å². The molecule has 0 bridgehead atoms. The molecule has 0 nitrogen and oxygen atoms in total. The second-order valence-electron chi connectivity index (χ2n) is 0.101. The second kappa shape index (κ2) is 9.28. The fourth-order valence-electron chi connectivity index (χ4n) is 0. The Balaban J connectivity index is -0.00000000667. The minimum absolute atomic E-state index is 0. The average Bonchev–Trinajstić information content (AvgIpc) is 0.918. The first-order chi connectivity index (χ1) is 1.41. The monoisotopic (exact) mass is 264 g/mol. The molecule has 0 atom stereocenters. The summed E-state index contributed by atoms with van der Waals surface area (Å²) < 4.78 is 0. The molecule has 0 aliphatic rings. The summed E-state index contributed by atoms with van der Waals surface area (Å²) in [6.07, 6.45) is 0. The Morgan fingerprint density at radius 3 is 1.50 bits per heavy atom. The summed E-state index contributed by atoms with van der Waals surface area (Å²) in [5.74, 6) is 0. The molecule has 0 aliphatic heterocycles. The maximum absolute atomic E-state index is 3.25. The molecule has 0 saturated heterocycles. The maximum Gasteiger partial charge on any atom is 2.00 e. The summed E-state index contributed by atoms with van der Waals surface area (Å²) in [7, 11) is 0. The minimum Gasteiger partial charge on any atom is -1.00 e. The Bertz CT molecular complexity index is 11.5.